The predicted octanol–water partition coefficient (Wildman–Crippen LogP) is 3.57. The van der Waals surface area contributed by atoms with E-state index in [0.29, 0.717) is 0 Å². The first-order valence-electron chi connectivity index (χ1n) is 6.59. The van der Waals surface area contributed by atoms with Gasteiger partial charge in [0.15, 0.2) is 0 Å². The quantitative estimate of drug-likeness (QED) is 0.826. The lowest BCUT2D eigenvalue weighted by Gasteiger charge is -2.06. The maximum absolute atomic E-state index is 5.90. The van der Waals surface area contributed by atoms with Crippen molar-refractivity contribution in [2.75, 3.05) is 6.54 Å². The lowest BCUT2D eigenvalue weighted by atomic mass is 10.1. The van der Waals surface area contributed by atoms with E-state index in [2.05, 4.69) is 41.9 Å². The molecule has 1 N–H and O–H groups in total. The predicted molar refractivity (Wildman–Crippen MR) is 82.1 cm³/mol. The second-order valence-corrected chi connectivity index (χ2v) is 6.41. The first kappa shape index (κ1) is 14.6. The molecule has 2 rings (SSSR count). The lowest BCUT2D eigenvalue weighted by molar-refractivity contribution is 0.543. The van der Waals surface area contributed by atoms with Crippen molar-refractivity contribution < 1.29 is 0 Å². The topological polar surface area (TPSA) is 29.9 Å². The summed E-state index contributed by atoms with van der Waals surface area (Å²) in [5.74, 6) is 0. The third kappa shape index (κ3) is 3.59. The first-order chi connectivity index (χ1) is 9.11. The minimum Gasteiger partial charge on any atom is -0.310 e. The Morgan fingerprint density at radius 3 is 2.74 bits per heavy atom. The molecule has 0 aliphatic carbocycles. The zero-order chi connectivity index (χ0) is 13.8. The van der Waals surface area contributed by atoms with Gasteiger partial charge in [-0.25, -0.2) is 0 Å². The first-order valence-corrected chi connectivity index (χ1v) is 7.79. The van der Waals surface area contributed by atoms with Gasteiger partial charge in [0.05, 0.1) is 16.6 Å². The molecule has 0 atom stereocenters. The van der Waals surface area contributed by atoms with E-state index >= 15 is 0 Å². The summed E-state index contributed by atoms with van der Waals surface area (Å²) in [6, 6.07) is 4.01. The Morgan fingerprint density at radius 2 is 2.16 bits per heavy atom. The van der Waals surface area contributed by atoms with Gasteiger partial charge >= 0.3 is 0 Å². The molecule has 0 spiro atoms. The highest BCUT2D eigenvalue weighted by Gasteiger charge is 2.08. The number of hydrogen-bond acceptors (Lipinski definition) is 3. The van der Waals surface area contributed by atoms with E-state index in [9.17, 15) is 0 Å². The van der Waals surface area contributed by atoms with Crippen LogP contribution in [-0.2, 0) is 19.5 Å². The highest BCUT2D eigenvalue weighted by atomic mass is 35.5. The molecule has 0 radical (unpaired) electrons. The molecular formula is C14H20ClN3S. The molecule has 2 aromatic heterocycles. The van der Waals surface area contributed by atoms with Gasteiger partial charge in [-0.05, 0) is 38.0 Å². The maximum Gasteiger partial charge on any atom is 0.0931 e. The van der Waals surface area contributed by atoms with Gasteiger partial charge < -0.3 is 5.32 Å². The fourth-order valence-electron chi connectivity index (χ4n) is 2.31. The molecule has 0 aliphatic heterocycles. The van der Waals surface area contributed by atoms with Crippen molar-refractivity contribution in [1.29, 1.82) is 0 Å². The summed E-state index contributed by atoms with van der Waals surface area (Å²) in [6.07, 6.45) is 1.05. The number of nitrogens with one attached hydrogen (secondary N) is 1. The number of thiophene rings is 1. The molecule has 0 saturated heterocycles. The van der Waals surface area contributed by atoms with Gasteiger partial charge in [0.25, 0.3) is 0 Å². The summed E-state index contributed by atoms with van der Waals surface area (Å²) in [7, 11) is 0. The van der Waals surface area contributed by atoms with Crippen molar-refractivity contribution in [3.8, 4) is 0 Å². The summed E-state index contributed by atoms with van der Waals surface area (Å²) in [6.45, 7) is 9.12. The number of rotatable bonds is 6. The van der Waals surface area contributed by atoms with Crippen LogP contribution in [0.25, 0.3) is 0 Å². The average Bonchev–Trinajstić information content (AvgIpc) is 2.90. The molecule has 0 saturated carbocycles. The molecule has 0 bridgehead atoms. The number of halogens is 1. The van der Waals surface area contributed by atoms with E-state index in [-0.39, 0.29) is 0 Å². The minimum absolute atomic E-state index is 0.850. The van der Waals surface area contributed by atoms with Crippen LogP contribution in [0.2, 0.25) is 4.34 Å². The monoisotopic (exact) mass is 297 g/mol. The Labute approximate surface area is 123 Å². The van der Waals surface area contributed by atoms with E-state index in [0.717, 1.165) is 36.1 Å². The highest BCUT2D eigenvalue weighted by Crippen LogP contribution is 2.20. The van der Waals surface area contributed by atoms with Crippen molar-refractivity contribution >= 4 is 22.9 Å². The van der Waals surface area contributed by atoms with Crippen LogP contribution >= 0.6 is 22.9 Å². The van der Waals surface area contributed by atoms with Gasteiger partial charge in [0, 0.05) is 23.7 Å². The van der Waals surface area contributed by atoms with Crippen LogP contribution in [0.1, 0.15) is 28.8 Å². The van der Waals surface area contributed by atoms with Gasteiger partial charge in [-0.15, -0.1) is 11.3 Å². The van der Waals surface area contributed by atoms with E-state index in [4.69, 9.17) is 11.6 Å². The van der Waals surface area contributed by atoms with Crippen LogP contribution < -0.4 is 5.32 Å². The van der Waals surface area contributed by atoms with Gasteiger partial charge in [0.1, 0.15) is 0 Å². The van der Waals surface area contributed by atoms with Crippen LogP contribution in [0.15, 0.2) is 12.1 Å². The molecule has 2 aromatic rings. The third-order valence-corrected chi connectivity index (χ3v) is 4.54. The Kier molecular flexibility index (Phi) is 5.02. The molecule has 3 nitrogen and oxygen atoms in total. The van der Waals surface area contributed by atoms with Crippen LogP contribution in [-0.4, -0.2) is 16.3 Å². The Bertz CT molecular complexity index is 545. The molecule has 0 unspecified atom stereocenters. The van der Waals surface area contributed by atoms with Gasteiger partial charge in [-0.3, -0.25) is 4.68 Å². The SMILES string of the molecule is CCc1c(C)nn(CCNCc2ccc(Cl)s2)c1C. The second kappa shape index (κ2) is 6.55. The molecule has 5 heteroatoms. The lowest BCUT2D eigenvalue weighted by Crippen LogP contribution is -2.20. The zero-order valence-corrected chi connectivity index (χ0v) is 13.2. The average molecular weight is 298 g/mol. The zero-order valence-electron chi connectivity index (χ0n) is 11.7. The maximum atomic E-state index is 5.90. The number of aryl methyl sites for hydroxylation is 1. The van der Waals surface area contributed by atoms with E-state index in [1.807, 2.05) is 6.07 Å². The van der Waals surface area contributed by atoms with Crippen molar-refractivity contribution in [3.63, 3.8) is 0 Å². The van der Waals surface area contributed by atoms with E-state index < -0.39 is 0 Å². The molecule has 2 heterocycles. The summed E-state index contributed by atoms with van der Waals surface area (Å²) < 4.78 is 2.95. The Morgan fingerprint density at radius 1 is 1.37 bits per heavy atom. The van der Waals surface area contributed by atoms with Crippen LogP contribution in [0.3, 0.4) is 0 Å². The standard InChI is InChI=1S/C14H20ClN3S/c1-4-13-10(2)17-18(11(13)3)8-7-16-9-12-5-6-14(15)19-12/h5-6,16H,4,7-9H2,1-3H3. The van der Waals surface area contributed by atoms with Crippen molar-refractivity contribution in [3.05, 3.63) is 38.3 Å². The number of nitrogens with zero attached hydrogens (tertiary/aromatic N) is 2. The second-order valence-electron chi connectivity index (χ2n) is 4.61. The van der Waals surface area contributed by atoms with Crippen LogP contribution in [0, 0.1) is 13.8 Å². The summed E-state index contributed by atoms with van der Waals surface area (Å²) in [5.41, 5.74) is 3.83. The third-order valence-electron chi connectivity index (χ3n) is 3.31. The normalized spacial score (nSPS) is 11.2. The molecule has 0 aromatic carbocycles. The number of hydrogen-bond donors (Lipinski definition) is 1. The fraction of sp³-hybridized carbons (Fsp3) is 0.500. The molecule has 19 heavy (non-hydrogen) atoms. The smallest absolute Gasteiger partial charge is 0.0931 e. The van der Waals surface area contributed by atoms with Gasteiger partial charge in [-0.1, -0.05) is 18.5 Å². The molecule has 0 aliphatic rings. The molecule has 0 amide bonds. The van der Waals surface area contributed by atoms with Gasteiger partial charge in [0.2, 0.25) is 0 Å². The highest BCUT2D eigenvalue weighted by molar-refractivity contribution is 7.16. The van der Waals surface area contributed by atoms with Crippen molar-refractivity contribution in [2.24, 2.45) is 0 Å². The molecule has 104 valence electrons. The van der Waals surface area contributed by atoms with Crippen LogP contribution in [0.5, 0.6) is 0 Å². The molecule has 0 fully saturated rings. The Hall–Kier alpha value is -0.840. The summed E-state index contributed by atoms with van der Waals surface area (Å²) >= 11 is 7.53. The van der Waals surface area contributed by atoms with Gasteiger partial charge in [-0.2, -0.15) is 5.10 Å². The summed E-state index contributed by atoms with van der Waals surface area (Å²) in [4.78, 5) is 1.27. The Balaban J connectivity index is 1.83. The van der Waals surface area contributed by atoms with Crippen molar-refractivity contribution in [1.82, 2.24) is 15.1 Å². The van der Waals surface area contributed by atoms with E-state index in [1.54, 1.807) is 11.3 Å². The molecular weight excluding hydrogens is 278 g/mol. The van der Waals surface area contributed by atoms with E-state index in [1.165, 1.54) is 16.1 Å². The van der Waals surface area contributed by atoms with Crippen molar-refractivity contribution in [2.45, 2.75) is 40.3 Å². The van der Waals surface area contributed by atoms with Crippen LogP contribution in [0.4, 0.5) is 0 Å². The fourth-order valence-corrected chi connectivity index (χ4v) is 3.36. The summed E-state index contributed by atoms with van der Waals surface area (Å²) in [5, 5.41) is 8.02. The minimum atomic E-state index is 0.850. The largest absolute Gasteiger partial charge is 0.310 e. The number of aromatic nitrogens is 2.